The van der Waals surface area contributed by atoms with Gasteiger partial charge in [0, 0.05) is 36.0 Å². The molecule has 1 aromatic rings. The molecule has 1 aromatic heterocycles. The third-order valence-corrected chi connectivity index (χ3v) is 5.00. The van der Waals surface area contributed by atoms with Crippen LogP contribution in [0.2, 0.25) is 0 Å². The molecular formula is C17H30N2OS. The summed E-state index contributed by atoms with van der Waals surface area (Å²) in [6.45, 7) is 11.9. The molecule has 0 radical (unpaired) electrons. The molecule has 0 aromatic carbocycles. The topological polar surface area (TPSA) is 24.5 Å². The number of nitrogens with zero attached hydrogens (tertiary/aromatic N) is 1. The van der Waals surface area contributed by atoms with Gasteiger partial charge in [0.05, 0.1) is 6.10 Å². The van der Waals surface area contributed by atoms with E-state index >= 15 is 0 Å². The van der Waals surface area contributed by atoms with Crippen molar-refractivity contribution in [1.82, 2.24) is 10.2 Å². The van der Waals surface area contributed by atoms with E-state index in [-0.39, 0.29) is 0 Å². The molecule has 4 heteroatoms. The van der Waals surface area contributed by atoms with Crippen LogP contribution >= 0.6 is 11.3 Å². The number of rotatable bonds is 8. The largest absolute Gasteiger partial charge is 0.377 e. The van der Waals surface area contributed by atoms with E-state index in [2.05, 4.69) is 44.1 Å². The molecule has 0 amide bonds. The van der Waals surface area contributed by atoms with Crippen molar-refractivity contribution in [1.29, 1.82) is 0 Å². The van der Waals surface area contributed by atoms with Crippen LogP contribution in [-0.2, 0) is 17.8 Å². The van der Waals surface area contributed by atoms with Crippen molar-refractivity contribution in [3.8, 4) is 0 Å². The van der Waals surface area contributed by atoms with Crippen LogP contribution in [0.3, 0.4) is 0 Å². The quantitative estimate of drug-likeness (QED) is 0.796. The zero-order chi connectivity index (χ0) is 15.2. The highest BCUT2D eigenvalue weighted by molar-refractivity contribution is 7.12. The Morgan fingerprint density at radius 2 is 2.29 bits per heavy atom. The van der Waals surface area contributed by atoms with E-state index < -0.39 is 0 Å². The lowest BCUT2D eigenvalue weighted by atomic mass is 10.2. The molecule has 2 heterocycles. The van der Waals surface area contributed by atoms with E-state index in [1.807, 2.05) is 11.3 Å². The van der Waals surface area contributed by atoms with Gasteiger partial charge < -0.3 is 10.1 Å². The van der Waals surface area contributed by atoms with Gasteiger partial charge >= 0.3 is 0 Å². The minimum atomic E-state index is 0.445. The number of hydrogen-bond donors (Lipinski definition) is 1. The third kappa shape index (κ3) is 5.70. The lowest BCUT2D eigenvalue weighted by Crippen LogP contribution is -2.28. The zero-order valence-corrected chi connectivity index (χ0v) is 14.8. The Bertz CT molecular complexity index is 424. The Morgan fingerprint density at radius 3 is 2.95 bits per heavy atom. The Balaban J connectivity index is 1.80. The van der Waals surface area contributed by atoms with Crippen molar-refractivity contribution in [2.75, 3.05) is 26.7 Å². The highest BCUT2D eigenvalue weighted by Gasteiger charge is 2.18. The fourth-order valence-electron chi connectivity index (χ4n) is 2.81. The molecular weight excluding hydrogens is 280 g/mol. The average Bonchev–Trinajstić information content (AvgIpc) is 3.00. The maximum Gasteiger partial charge on any atom is 0.0702 e. The fraction of sp³-hybridized carbons (Fsp3) is 0.765. The molecule has 2 rings (SSSR count). The molecule has 1 N–H and O–H groups in total. The van der Waals surface area contributed by atoms with Crippen molar-refractivity contribution in [2.45, 2.75) is 52.8 Å². The van der Waals surface area contributed by atoms with Crippen molar-refractivity contribution in [2.24, 2.45) is 5.92 Å². The van der Waals surface area contributed by atoms with E-state index in [0.29, 0.717) is 12.0 Å². The van der Waals surface area contributed by atoms with E-state index in [9.17, 15) is 0 Å². The number of likely N-dealkylation sites (N-methyl/N-ethyl adjacent to an activating group) is 1. The van der Waals surface area contributed by atoms with E-state index in [1.165, 1.54) is 28.2 Å². The van der Waals surface area contributed by atoms with Gasteiger partial charge in [0.2, 0.25) is 0 Å². The lowest BCUT2D eigenvalue weighted by molar-refractivity contribution is 0.0793. The Labute approximate surface area is 133 Å². The first-order chi connectivity index (χ1) is 10.0. The van der Waals surface area contributed by atoms with Crippen LogP contribution in [0.1, 0.15) is 42.0 Å². The number of ether oxygens (including phenoxy) is 1. The third-order valence-electron chi connectivity index (χ3n) is 3.90. The van der Waals surface area contributed by atoms with Crippen LogP contribution in [-0.4, -0.2) is 37.7 Å². The van der Waals surface area contributed by atoms with E-state index in [0.717, 1.165) is 32.8 Å². The second-order valence-corrected chi connectivity index (χ2v) is 7.99. The van der Waals surface area contributed by atoms with Gasteiger partial charge in [-0.1, -0.05) is 13.8 Å². The maximum atomic E-state index is 5.72. The first kappa shape index (κ1) is 16.9. The van der Waals surface area contributed by atoms with Crippen LogP contribution in [0, 0.1) is 12.8 Å². The summed E-state index contributed by atoms with van der Waals surface area (Å²) in [7, 11) is 2.20. The zero-order valence-electron chi connectivity index (χ0n) is 13.9. The molecule has 1 fully saturated rings. The predicted molar refractivity (Wildman–Crippen MR) is 90.9 cm³/mol. The van der Waals surface area contributed by atoms with Gasteiger partial charge in [-0.15, -0.1) is 11.3 Å². The number of thiophene rings is 1. The highest BCUT2D eigenvalue weighted by atomic mass is 32.1. The van der Waals surface area contributed by atoms with Gasteiger partial charge in [0.25, 0.3) is 0 Å². The summed E-state index contributed by atoms with van der Waals surface area (Å²) in [6.07, 6.45) is 2.89. The van der Waals surface area contributed by atoms with E-state index in [4.69, 9.17) is 4.74 Å². The molecule has 120 valence electrons. The Hall–Kier alpha value is -0.420. The Morgan fingerprint density at radius 1 is 1.48 bits per heavy atom. The van der Waals surface area contributed by atoms with Gasteiger partial charge in [-0.3, -0.25) is 4.90 Å². The summed E-state index contributed by atoms with van der Waals surface area (Å²) >= 11 is 1.93. The molecule has 1 aliphatic rings. The average molecular weight is 311 g/mol. The maximum absolute atomic E-state index is 5.72. The van der Waals surface area contributed by atoms with E-state index in [1.54, 1.807) is 0 Å². The summed E-state index contributed by atoms with van der Waals surface area (Å²) in [6, 6.07) is 2.37. The van der Waals surface area contributed by atoms with Gasteiger partial charge in [-0.25, -0.2) is 0 Å². The van der Waals surface area contributed by atoms with Crippen LogP contribution < -0.4 is 5.32 Å². The van der Waals surface area contributed by atoms with Crippen molar-refractivity contribution in [3.05, 3.63) is 21.4 Å². The first-order valence-corrected chi connectivity index (χ1v) is 8.95. The molecule has 3 nitrogen and oxygen atoms in total. The second kappa shape index (κ2) is 8.28. The van der Waals surface area contributed by atoms with Crippen molar-refractivity contribution >= 4 is 11.3 Å². The summed E-state index contributed by atoms with van der Waals surface area (Å²) in [5.41, 5.74) is 1.47. The minimum absolute atomic E-state index is 0.445. The smallest absolute Gasteiger partial charge is 0.0702 e. The van der Waals surface area contributed by atoms with Crippen molar-refractivity contribution in [3.63, 3.8) is 0 Å². The molecule has 0 aliphatic carbocycles. The molecule has 0 saturated carbocycles. The number of aryl methyl sites for hydroxylation is 1. The minimum Gasteiger partial charge on any atom is -0.377 e. The molecule has 1 atom stereocenters. The molecule has 21 heavy (non-hydrogen) atoms. The molecule has 0 bridgehead atoms. The van der Waals surface area contributed by atoms with Crippen LogP contribution in [0.15, 0.2) is 6.07 Å². The summed E-state index contributed by atoms with van der Waals surface area (Å²) < 4.78 is 5.72. The van der Waals surface area contributed by atoms with Gasteiger partial charge in [-0.2, -0.15) is 0 Å². The number of nitrogens with one attached hydrogen (secondary N) is 1. The summed E-state index contributed by atoms with van der Waals surface area (Å²) in [5.74, 6) is 0.711. The summed E-state index contributed by atoms with van der Waals surface area (Å²) in [4.78, 5) is 5.31. The second-order valence-electron chi connectivity index (χ2n) is 6.65. The first-order valence-electron chi connectivity index (χ1n) is 8.13. The van der Waals surface area contributed by atoms with Crippen molar-refractivity contribution < 1.29 is 4.74 Å². The van der Waals surface area contributed by atoms with Gasteiger partial charge in [0.15, 0.2) is 0 Å². The van der Waals surface area contributed by atoms with Crippen LogP contribution in [0.5, 0.6) is 0 Å². The monoisotopic (exact) mass is 310 g/mol. The number of hydrogen-bond acceptors (Lipinski definition) is 4. The fourth-order valence-corrected chi connectivity index (χ4v) is 3.83. The molecule has 0 spiro atoms. The van der Waals surface area contributed by atoms with Crippen LogP contribution in [0.25, 0.3) is 0 Å². The van der Waals surface area contributed by atoms with Crippen LogP contribution in [0.4, 0.5) is 0 Å². The lowest BCUT2D eigenvalue weighted by Gasteiger charge is -2.20. The molecule has 1 aliphatic heterocycles. The molecule has 1 saturated heterocycles. The standard InChI is InChI=1S/C17H30N2OS/c1-13(2)9-18-10-17-8-15(14(3)21-17)11-19(4)12-16-6-5-7-20-16/h8,13,16,18H,5-7,9-12H2,1-4H3. The summed E-state index contributed by atoms with van der Waals surface area (Å²) in [5, 5.41) is 3.53. The highest BCUT2D eigenvalue weighted by Crippen LogP contribution is 2.23. The Kier molecular flexibility index (Phi) is 6.68. The molecule has 1 unspecified atom stereocenters. The van der Waals surface area contributed by atoms with Gasteiger partial charge in [-0.05, 0) is 50.9 Å². The van der Waals surface area contributed by atoms with Gasteiger partial charge in [0.1, 0.15) is 0 Å². The predicted octanol–water partition coefficient (Wildman–Crippen LogP) is 3.41. The SMILES string of the molecule is Cc1sc(CNCC(C)C)cc1CN(C)CC1CCCO1. The normalized spacial score (nSPS) is 19.0.